The van der Waals surface area contributed by atoms with E-state index in [9.17, 15) is 9.90 Å². The summed E-state index contributed by atoms with van der Waals surface area (Å²) in [5, 5.41) is 16.9. The van der Waals surface area contributed by atoms with Gasteiger partial charge in [-0.3, -0.25) is 4.79 Å². The van der Waals surface area contributed by atoms with Gasteiger partial charge in [-0.25, -0.2) is 5.43 Å². The Bertz CT molecular complexity index is 1180. The first kappa shape index (κ1) is 16.7. The molecule has 1 aromatic heterocycles. The summed E-state index contributed by atoms with van der Waals surface area (Å²) in [4.78, 5) is 12.3. The molecule has 6 nitrogen and oxygen atoms in total. The fraction of sp³-hybridized carbons (Fsp3) is 0.0476. The van der Waals surface area contributed by atoms with Gasteiger partial charge in [0, 0.05) is 10.9 Å². The van der Waals surface area contributed by atoms with Crippen LogP contribution in [-0.2, 0) is 0 Å². The number of rotatable bonds is 4. The normalized spacial score (nSPS) is 11.3. The van der Waals surface area contributed by atoms with Gasteiger partial charge in [-0.2, -0.15) is 5.10 Å². The van der Waals surface area contributed by atoms with Gasteiger partial charge in [0.05, 0.1) is 13.3 Å². The van der Waals surface area contributed by atoms with E-state index in [0.717, 1.165) is 16.2 Å². The van der Waals surface area contributed by atoms with Crippen LogP contribution in [0.4, 0.5) is 0 Å². The Morgan fingerprint density at radius 1 is 1.11 bits per heavy atom. The average molecular weight is 360 g/mol. The van der Waals surface area contributed by atoms with E-state index in [2.05, 4.69) is 10.5 Å². The minimum Gasteiger partial charge on any atom is -0.504 e. The Morgan fingerprint density at radius 3 is 2.81 bits per heavy atom. The maximum absolute atomic E-state index is 12.3. The number of carbonyl (C=O) groups excluding carboxylic acids is 1. The van der Waals surface area contributed by atoms with Crippen LogP contribution in [0.25, 0.3) is 21.7 Å². The van der Waals surface area contributed by atoms with Gasteiger partial charge in [0.25, 0.3) is 0 Å². The predicted molar refractivity (Wildman–Crippen MR) is 103 cm³/mol. The van der Waals surface area contributed by atoms with Crippen molar-refractivity contribution in [2.24, 2.45) is 5.10 Å². The maximum atomic E-state index is 12.3. The number of hydrazone groups is 1. The van der Waals surface area contributed by atoms with Crippen LogP contribution in [0, 0.1) is 0 Å². The highest BCUT2D eigenvalue weighted by Gasteiger charge is 2.13. The monoisotopic (exact) mass is 360 g/mol. The van der Waals surface area contributed by atoms with Crippen molar-refractivity contribution in [2.45, 2.75) is 0 Å². The van der Waals surface area contributed by atoms with E-state index < -0.39 is 5.91 Å². The molecular formula is C21H16N2O4. The van der Waals surface area contributed by atoms with Crippen LogP contribution in [0.3, 0.4) is 0 Å². The molecule has 3 aromatic carbocycles. The van der Waals surface area contributed by atoms with Crippen molar-refractivity contribution in [1.29, 1.82) is 0 Å². The maximum Gasteiger partial charge on any atom is 0.307 e. The first-order valence-electron chi connectivity index (χ1n) is 8.28. The van der Waals surface area contributed by atoms with Crippen molar-refractivity contribution < 1.29 is 19.1 Å². The van der Waals surface area contributed by atoms with Gasteiger partial charge < -0.3 is 14.3 Å². The lowest BCUT2D eigenvalue weighted by Crippen LogP contribution is -2.16. The summed E-state index contributed by atoms with van der Waals surface area (Å²) in [7, 11) is 1.46. The van der Waals surface area contributed by atoms with E-state index in [1.54, 1.807) is 24.3 Å². The number of hydrogen-bond acceptors (Lipinski definition) is 5. The van der Waals surface area contributed by atoms with Crippen molar-refractivity contribution in [2.75, 3.05) is 7.11 Å². The van der Waals surface area contributed by atoms with Gasteiger partial charge in [0.1, 0.15) is 5.58 Å². The summed E-state index contributed by atoms with van der Waals surface area (Å²) in [6, 6.07) is 18.4. The van der Waals surface area contributed by atoms with Crippen molar-refractivity contribution >= 4 is 33.9 Å². The van der Waals surface area contributed by atoms with Gasteiger partial charge in [0.2, 0.25) is 0 Å². The highest BCUT2D eigenvalue weighted by molar-refractivity contribution is 6.08. The summed E-state index contributed by atoms with van der Waals surface area (Å²) < 4.78 is 10.7. The molecule has 1 amide bonds. The Balaban J connectivity index is 1.57. The second kappa shape index (κ2) is 6.84. The van der Waals surface area contributed by atoms with E-state index in [4.69, 9.17) is 9.15 Å². The largest absolute Gasteiger partial charge is 0.504 e. The fourth-order valence-corrected chi connectivity index (χ4v) is 2.93. The molecule has 0 saturated heterocycles. The summed E-state index contributed by atoms with van der Waals surface area (Å²) in [5.41, 5.74) is 3.46. The second-order valence-corrected chi connectivity index (χ2v) is 5.91. The number of amides is 1. The highest BCUT2D eigenvalue weighted by atomic mass is 16.5. The van der Waals surface area contributed by atoms with E-state index in [-0.39, 0.29) is 11.5 Å². The Hall–Kier alpha value is -3.80. The SMILES string of the molecule is COc1cccc(/C=N/NC(=O)c2cc3c(ccc4ccccc43)o2)c1O. The molecule has 0 atom stereocenters. The minimum absolute atomic E-state index is 0.0480. The van der Waals surface area contributed by atoms with Crippen molar-refractivity contribution in [3.63, 3.8) is 0 Å². The number of para-hydroxylation sites is 1. The summed E-state index contributed by atoms with van der Waals surface area (Å²) in [6.45, 7) is 0. The number of nitrogens with one attached hydrogen (secondary N) is 1. The van der Waals surface area contributed by atoms with Gasteiger partial charge in [0.15, 0.2) is 17.3 Å². The van der Waals surface area contributed by atoms with Gasteiger partial charge >= 0.3 is 5.91 Å². The van der Waals surface area contributed by atoms with Gasteiger partial charge in [-0.05, 0) is 35.0 Å². The number of carbonyl (C=O) groups is 1. The molecule has 0 aliphatic heterocycles. The lowest BCUT2D eigenvalue weighted by molar-refractivity contribution is 0.0929. The first-order valence-corrected chi connectivity index (χ1v) is 8.28. The number of nitrogens with zero attached hydrogens (tertiary/aromatic N) is 1. The molecular weight excluding hydrogens is 344 g/mol. The Labute approximate surface area is 154 Å². The molecule has 4 aromatic rings. The highest BCUT2D eigenvalue weighted by Crippen LogP contribution is 2.29. The third-order valence-electron chi connectivity index (χ3n) is 4.27. The molecule has 0 fully saturated rings. The molecule has 0 unspecified atom stereocenters. The average Bonchev–Trinajstić information content (AvgIpc) is 3.14. The number of aromatic hydroxyl groups is 1. The van der Waals surface area contributed by atoms with Crippen LogP contribution < -0.4 is 10.2 Å². The number of phenols is 1. The zero-order chi connectivity index (χ0) is 18.8. The van der Waals surface area contributed by atoms with Crippen LogP contribution in [-0.4, -0.2) is 24.3 Å². The topological polar surface area (TPSA) is 84.1 Å². The number of benzene rings is 3. The standard InChI is InChI=1S/C21H16N2O4/c1-26-18-8-4-6-14(20(18)24)12-22-23-21(25)19-11-16-15-7-3-2-5-13(15)9-10-17(16)27-19/h2-12,24H,1H3,(H,23,25)/b22-12+. The molecule has 0 saturated carbocycles. The molecule has 0 aliphatic carbocycles. The number of furan rings is 1. The number of hydrogen-bond donors (Lipinski definition) is 2. The summed E-state index contributed by atoms with van der Waals surface area (Å²) in [5.74, 6) is -0.0371. The molecule has 0 bridgehead atoms. The van der Waals surface area contributed by atoms with Crippen LogP contribution in [0.1, 0.15) is 16.1 Å². The molecule has 0 spiro atoms. The molecule has 0 aliphatic rings. The second-order valence-electron chi connectivity index (χ2n) is 5.91. The minimum atomic E-state index is -0.478. The van der Waals surface area contributed by atoms with Crippen LogP contribution in [0.2, 0.25) is 0 Å². The van der Waals surface area contributed by atoms with E-state index >= 15 is 0 Å². The van der Waals surface area contributed by atoms with Crippen LogP contribution in [0.15, 0.2) is 70.2 Å². The zero-order valence-corrected chi connectivity index (χ0v) is 14.5. The van der Waals surface area contributed by atoms with Crippen LogP contribution in [0.5, 0.6) is 11.5 Å². The van der Waals surface area contributed by atoms with Gasteiger partial charge in [-0.15, -0.1) is 0 Å². The third kappa shape index (κ3) is 3.08. The quantitative estimate of drug-likeness (QED) is 0.424. The molecule has 6 heteroatoms. The van der Waals surface area contributed by atoms with Crippen LogP contribution >= 0.6 is 0 Å². The fourth-order valence-electron chi connectivity index (χ4n) is 2.93. The van der Waals surface area contributed by atoms with E-state index in [1.807, 2.05) is 36.4 Å². The number of phenolic OH excluding ortho intramolecular Hbond substituents is 1. The Kier molecular flexibility index (Phi) is 4.22. The van der Waals surface area contributed by atoms with E-state index in [1.165, 1.54) is 13.3 Å². The van der Waals surface area contributed by atoms with Crippen molar-refractivity contribution in [1.82, 2.24) is 5.43 Å². The van der Waals surface area contributed by atoms with E-state index in [0.29, 0.717) is 16.9 Å². The number of methoxy groups -OCH3 is 1. The summed E-state index contributed by atoms with van der Waals surface area (Å²) in [6.07, 6.45) is 1.34. The lowest BCUT2D eigenvalue weighted by atomic mass is 10.1. The molecule has 1 heterocycles. The van der Waals surface area contributed by atoms with Crippen molar-refractivity contribution in [3.05, 3.63) is 72.0 Å². The summed E-state index contributed by atoms with van der Waals surface area (Å²) >= 11 is 0. The smallest absolute Gasteiger partial charge is 0.307 e. The Morgan fingerprint density at radius 2 is 1.96 bits per heavy atom. The molecule has 4 rings (SSSR count). The molecule has 134 valence electrons. The van der Waals surface area contributed by atoms with Crippen molar-refractivity contribution in [3.8, 4) is 11.5 Å². The molecule has 2 N–H and O–H groups in total. The predicted octanol–water partition coefficient (Wildman–Crippen LogP) is 4.06. The number of fused-ring (bicyclic) bond motifs is 3. The third-order valence-corrected chi connectivity index (χ3v) is 4.27. The van der Waals surface area contributed by atoms with Gasteiger partial charge in [-0.1, -0.05) is 36.4 Å². The first-order chi connectivity index (χ1) is 13.2. The lowest BCUT2D eigenvalue weighted by Gasteiger charge is -2.04. The molecule has 27 heavy (non-hydrogen) atoms. The number of ether oxygens (including phenoxy) is 1. The zero-order valence-electron chi connectivity index (χ0n) is 14.5. The molecule has 0 radical (unpaired) electrons.